The number of rotatable bonds is 2. The zero-order valence-corrected chi connectivity index (χ0v) is 7.30. The summed E-state index contributed by atoms with van der Waals surface area (Å²) in [4.78, 5) is 11.2. The van der Waals surface area contributed by atoms with Crippen LogP contribution in [0.15, 0.2) is 12.4 Å². The molecule has 1 aromatic heterocycles. The van der Waals surface area contributed by atoms with Crippen molar-refractivity contribution in [2.75, 3.05) is 7.05 Å². The predicted octanol–water partition coefficient (Wildman–Crippen LogP) is 0.930. The van der Waals surface area contributed by atoms with Crippen LogP contribution in [0.5, 0.6) is 0 Å². The maximum atomic E-state index is 11.9. The van der Waals surface area contributed by atoms with E-state index in [0.29, 0.717) is 10.5 Å². The molecule has 1 N–H and O–H groups in total. The molecule has 0 atom stereocenters. The number of nitrogens with zero attached hydrogens (tertiary/aromatic N) is 2. The molecule has 0 radical (unpaired) electrons. The molecule has 0 aliphatic rings. The molecule has 0 fully saturated rings. The Labute approximate surface area is 77.7 Å². The molecule has 0 aliphatic carbocycles. The summed E-state index contributed by atoms with van der Waals surface area (Å²) in [5, 5.41) is 6.00. The van der Waals surface area contributed by atoms with Gasteiger partial charge in [-0.2, -0.15) is 18.3 Å². The maximum absolute atomic E-state index is 11.9. The summed E-state index contributed by atoms with van der Waals surface area (Å²) in [7, 11) is 1.09. The van der Waals surface area contributed by atoms with Gasteiger partial charge in [-0.15, -0.1) is 0 Å². The lowest BCUT2D eigenvalue weighted by molar-refractivity contribution is -0.184. The van der Waals surface area contributed by atoms with Crippen molar-refractivity contribution >= 4 is 5.91 Å². The van der Waals surface area contributed by atoms with Gasteiger partial charge < -0.3 is 4.90 Å². The van der Waals surface area contributed by atoms with Crippen molar-refractivity contribution in [3.05, 3.63) is 18.0 Å². The lowest BCUT2D eigenvalue weighted by atomic mass is 10.3. The van der Waals surface area contributed by atoms with E-state index < -0.39 is 12.1 Å². The van der Waals surface area contributed by atoms with Gasteiger partial charge in [0.2, 0.25) is 0 Å². The van der Waals surface area contributed by atoms with E-state index >= 15 is 0 Å². The minimum Gasteiger partial charge on any atom is -0.334 e. The van der Waals surface area contributed by atoms with Crippen molar-refractivity contribution in [1.82, 2.24) is 15.1 Å². The Balaban J connectivity index is 2.59. The summed E-state index contributed by atoms with van der Waals surface area (Å²) < 4.78 is 35.7. The zero-order chi connectivity index (χ0) is 10.8. The molecule has 14 heavy (non-hydrogen) atoms. The number of H-pyrrole nitrogens is 1. The fraction of sp³-hybridized carbons (Fsp3) is 0.429. The Kier molecular flexibility index (Phi) is 2.78. The van der Waals surface area contributed by atoms with Crippen LogP contribution in [-0.4, -0.2) is 34.2 Å². The fourth-order valence-electron chi connectivity index (χ4n) is 0.926. The van der Waals surface area contributed by atoms with Crippen molar-refractivity contribution < 1.29 is 18.0 Å². The third-order valence-corrected chi connectivity index (χ3v) is 1.56. The van der Waals surface area contributed by atoms with Gasteiger partial charge in [0.25, 0.3) is 0 Å². The standard InChI is InChI=1S/C7H8F3N3O/c1-13(6(14)7(8,9)10)4-5-2-11-12-3-5/h2-3H,4H2,1H3,(H,11,12). The van der Waals surface area contributed by atoms with Crippen LogP contribution in [0, 0.1) is 0 Å². The van der Waals surface area contributed by atoms with Crippen LogP contribution in [0.25, 0.3) is 0 Å². The number of aromatic amines is 1. The summed E-state index contributed by atoms with van der Waals surface area (Å²) in [6.45, 7) is -0.116. The first-order chi connectivity index (χ1) is 6.41. The van der Waals surface area contributed by atoms with Gasteiger partial charge in [-0.3, -0.25) is 9.89 Å². The number of halogens is 3. The molecular formula is C7H8F3N3O. The summed E-state index contributed by atoms with van der Waals surface area (Å²) in [6, 6.07) is 0. The van der Waals surface area contributed by atoms with Gasteiger partial charge in [0.15, 0.2) is 0 Å². The third-order valence-electron chi connectivity index (χ3n) is 1.56. The van der Waals surface area contributed by atoms with Gasteiger partial charge in [0.1, 0.15) is 0 Å². The molecule has 0 spiro atoms. The van der Waals surface area contributed by atoms with Crippen molar-refractivity contribution in [3.63, 3.8) is 0 Å². The smallest absolute Gasteiger partial charge is 0.334 e. The Morgan fingerprint density at radius 1 is 1.64 bits per heavy atom. The van der Waals surface area contributed by atoms with Gasteiger partial charge in [-0.25, -0.2) is 0 Å². The molecule has 1 aromatic rings. The summed E-state index contributed by atoms with van der Waals surface area (Å²) in [6.07, 6.45) is -2.03. The monoisotopic (exact) mass is 207 g/mol. The lowest BCUT2D eigenvalue weighted by Gasteiger charge is -2.17. The minimum absolute atomic E-state index is 0.116. The molecule has 0 unspecified atom stereocenters. The van der Waals surface area contributed by atoms with Crippen LogP contribution in [0.2, 0.25) is 0 Å². The topological polar surface area (TPSA) is 49.0 Å². The van der Waals surface area contributed by atoms with Crippen molar-refractivity contribution in [2.24, 2.45) is 0 Å². The van der Waals surface area contributed by atoms with Gasteiger partial charge >= 0.3 is 12.1 Å². The van der Waals surface area contributed by atoms with E-state index in [2.05, 4.69) is 10.2 Å². The van der Waals surface area contributed by atoms with E-state index in [-0.39, 0.29) is 6.54 Å². The highest BCUT2D eigenvalue weighted by molar-refractivity contribution is 5.81. The van der Waals surface area contributed by atoms with E-state index in [0.717, 1.165) is 7.05 Å². The number of amides is 1. The number of carbonyl (C=O) groups excluding carboxylic acids is 1. The Hall–Kier alpha value is -1.53. The van der Waals surface area contributed by atoms with Crippen molar-refractivity contribution in [1.29, 1.82) is 0 Å². The van der Waals surface area contributed by atoms with Crippen LogP contribution < -0.4 is 0 Å². The van der Waals surface area contributed by atoms with Crippen LogP contribution >= 0.6 is 0 Å². The second-order valence-corrected chi connectivity index (χ2v) is 2.77. The first kappa shape index (κ1) is 10.6. The highest BCUT2D eigenvalue weighted by Crippen LogP contribution is 2.18. The second-order valence-electron chi connectivity index (χ2n) is 2.77. The van der Waals surface area contributed by atoms with Crippen LogP contribution in [0.3, 0.4) is 0 Å². The van der Waals surface area contributed by atoms with E-state index in [1.165, 1.54) is 12.4 Å². The quantitative estimate of drug-likeness (QED) is 0.784. The van der Waals surface area contributed by atoms with Gasteiger partial charge in [-0.05, 0) is 0 Å². The SMILES string of the molecule is CN(Cc1cn[nH]c1)C(=O)C(F)(F)F. The van der Waals surface area contributed by atoms with E-state index in [1.807, 2.05) is 0 Å². The average Bonchev–Trinajstić information content (AvgIpc) is 2.53. The highest BCUT2D eigenvalue weighted by Gasteiger charge is 2.41. The Bertz CT molecular complexity index is 306. The average molecular weight is 207 g/mol. The van der Waals surface area contributed by atoms with Crippen LogP contribution in [0.1, 0.15) is 5.56 Å². The fourth-order valence-corrected chi connectivity index (χ4v) is 0.926. The molecule has 7 heteroatoms. The number of alkyl halides is 3. The third kappa shape index (κ3) is 2.48. The lowest BCUT2D eigenvalue weighted by Crippen LogP contribution is -2.37. The van der Waals surface area contributed by atoms with E-state index in [1.54, 1.807) is 0 Å². The Morgan fingerprint density at radius 2 is 2.29 bits per heavy atom. The van der Waals surface area contributed by atoms with Crippen LogP contribution in [0.4, 0.5) is 13.2 Å². The predicted molar refractivity (Wildman–Crippen MR) is 41.1 cm³/mol. The molecule has 0 saturated heterocycles. The molecule has 0 saturated carbocycles. The first-order valence-electron chi connectivity index (χ1n) is 3.71. The molecule has 0 aromatic carbocycles. The molecule has 0 aliphatic heterocycles. The summed E-state index contributed by atoms with van der Waals surface area (Å²) in [5.41, 5.74) is 0.519. The molecule has 1 rings (SSSR count). The molecule has 1 heterocycles. The normalized spacial score (nSPS) is 11.4. The largest absolute Gasteiger partial charge is 0.471 e. The van der Waals surface area contributed by atoms with Crippen molar-refractivity contribution in [3.8, 4) is 0 Å². The molecule has 4 nitrogen and oxygen atoms in total. The summed E-state index contributed by atoms with van der Waals surface area (Å²) in [5.74, 6) is -1.86. The first-order valence-corrected chi connectivity index (χ1v) is 3.71. The molecule has 1 amide bonds. The number of aromatic nitrogens is 2. The van der Waals surface area contributed by atoms with Gasteiger partial charge in [-0.1, -0.05) is 0 Å². The van der Waals surface area contributed by atoms with Crippen molar-refractivity contribution in [2.45, 2.75) is 12.7 Å². The molecular weight excluding hydrogens is 199 g/mol. The minimum atomic E-state index is -4.82. The second kappa shape index (κ2) is 3.69. The number of hydrogen-bond donors (Lipinski definition) is 1. The van der Waals surface area contributed by atoms with Gasteiger partial charge in [0, 0.05) is 25.4 Å². The number of nitrogens with one attached hydrogen (secondary N) is 1. The van der Waals surface area contributed by atoms with E-state index in [4.69, 9.17) is 0 Å². The summed E-state index contributed by atoms with van der Waals surface area (Å²) >= 11 is 0. The highest BCUT2D eigenvalue weighted by atomic mass is 19.4. The van der Waals surface area contributed by atoms with Crippen LogP contribution in [-0.2, 0) is 11.3 Å². The van der Waals surface area contributed by atoms with Gasteiger partial charge in [0.05, 0.1) is 6.20 Å². The Morgan fingerprint density at radius 3 is 2.71 bits per heavy atom. The number of carbonyl (C=O) groups is 1. The molecule has 78 valence electrons. The number of hydrogen-bond acceptors (Lipinski definition) is 2. The van der Waals surface area contributed by atoms with E-state index in [9.17, 15) is 18.0 Å². The maximum Gasteiger partial charge on any atom is 0.471 e. The zero-order valence-electron chi connectivity index (χ0n) is 7.30. The molecule has 0 bridgehead atoms.